The highest BCUT2D eigenvalue weighted by atomic mass is 16.2. The molecule has 2 aliphatic rings. The molecule has 0 aromatic rings. The number of carbonyl (C=O) groups is 1. The number of hydrogen-bond donors (Lipinski definition) is 1. The Balaban J connectivity index is 1.87. The quantitative estimate of drug-likeness (QED) is 0.821. The zero-order valence-electron chi connectivity index (χ0n) is 12.0. The van der Waals surface area contributed by atoms with Crippen molar-refractivity contribution in [1.82, 2.24) is 4.90 Å². The molecule has 2 atom stereocenters. The first-order valence-corrected chi connectivity index (χ1v) is 7.57. The summed E-state index contributed by atoms with van der Waals surface area (Å²) < 4.78 is 0. The van der Waals surface area contributed by atoms with Gasteiger partial charge in [-0.2, -0.15) is 0 Å². The number of amides is 1. The topological polar surface area (TPSA) is 46.3 Å². The van der Waals surface area contributed by atoms with E-state index < -0.39 is 0 Å². The standard InChI is InChI=1S/C15H28N2O/c1-12-6-9-17(11-13(12)2)14(18)10-15(16)7-4-3-5-8-15/h12-13H,3-11,16H2,1-2H3. The van der Waals surface area contributed by atoms with Crippen LogP contribution >= 0.6 is 0 Å². The number of nitrogens with zero attached hydrogens (tertiary/aromatic N) is 1. The Morgan fingerprint density at radius 3 is 2.50 bits per heavy atom. The van der Waals surface area contributed by atoms with Gasteiger partial charge in [0.15, 0.2) is 0 Å². The molecule has 104 valence electrons. The zero-order valence-corrected chi connectivity index (χ0v) is 12.0. The summed E-state index contributed by atoms with van der Waals surface area (Å²) in [5, 5.41) is 0. The van der Waals surface area contributed by atoms with E-state index in [1.165, 1.54) is 19.3 Å². The first-order chi connectivity index (χ1) is 8.50. The summed E-state index contributed by atoms with van der Waals surface area (Å²) in [5.74, 6) is 1.66. The van der Waals surface area contributed by atoms with Gasteiger partial charge in [0.25, 0.3) is 0 Å². The molecule has 0 aromatic carbocycles. The van der Waals surface area contributed by atoms with Crippen LogP contribution in [0.2, 0.25) is 0 Å². The zero-order chi connectivity index (χ0) is 13.2. The average molecular weight is 252 g/mol. The van der Waals surface area contributed by atoms with Crippen molar-refractivity contribution >= 4 is 5.91 Å². The molecule has 2 rings (SSSR count). The molecule has 0 radical (unpaired) electrons. The van der Waals surface area contributed by atoms with E-state index in [0.29, 0.717) is 12.3 Å². The SMILES string of the molecule is CC1CCN(C(=O)CC2(N)CCCCC2)CC1C. The number of hydrogen-bond acceptors (Lipinski definition) is 2. The third-order valence-electron chi connectivity index (χ3n) is 5.04. The van der Waals surface area contributed by atoms with Gasteiger partial charge in [-0.3, -0.25) is 4.79 Å². The first kappa shape index (κ1) is 13.9. The van der Waals surface area contributed by atoms with Crippen molar-refractivity contribution in [2.45, 2.75) is 64.3 Å². The molecule has 3 nitrogen and oxygen atoms in total. The predicted octanol–water partition coefficient (Wildman–Crippen LogP) is 2.54. The lowest BCUT2D eigenvalue weighted by molar-refractivity contribution is -0.135. The fourth-order valence-corrected chi connectivity index (χ4v) is 3.34. The van der Waals surface area contributed by atoms with Crippen LogP contribution in [-0.4, -0.2) is 29.4 Å². The Morgan fingerprint density at radius 1 is 1.22 bits per heavy atom. The van der Waals surface area contributed by atoms with Crippen molar-refractivity contribution in [2.75, 3.05) is 13.1 Å². The summed E-state index contributed by atoms with van der Waals surface area (Å²) in [4.78, 5) is 14.4. The molecule has 2 fully saturated rings. The molecule has 1 amide bonds. The van der Waals surface area contributed by atoms with E-state index in [-0.39, 0.29) is 11.4 Å². The van der Waals surface area contributed by atoms with Crippen LogP contribution in [0.25, 0.3) is 0 Å². The lowest BCUT2D eigenvalue weighted by atomic mass is 9.79. The molecule has 1 aliphatic carbocycles. The number of piperidine rings is 1. The normalized spacial score (nSPS) is 32.3. The second-order valence-corrected chi connectivity index (χ2v) is 6.68. The molecule has 0 aromatic heterocycles. The van der Waals surface area contributed by atoms with Crippen LogP contribution < -0.4 is 5.73 Å². The van der Waals surface area contributed by atoms with Crippen molar-refractivity contribution in [2.24, 2.45) is 17.6 Å². The Morgan fingerprint density at radius 2 is 1.89 bits per heavy atom. The number of rotatable bonds is 2. The number of nitrogens with two attached hydrogens (primary N) is 1. The minimum Gasteiger partial charge on any atom is -0.342 e. The van der Waals surface area contributed by atoms with Crippen molar-refractivity contribution in [3.63, 3.8) is 0 Å². The van der Waals surface area contributed by atoms with Crippen molar-refractivity contribution in [3.05, 3.63) is 0 Å². The average Bonchev–Trinajstić information content (AvgIpc) is 2.33. The van der Waals surface area contributed by atoms with Crippen LogP contribution in [0.4, 0.5) is 0 Å². The molecule has 2 unspecified atom stereocenters. The Hall–Kier alpha value is -0.570. The van der Waals surface area contributed by atoms with Gasteiger partial charge in [0, 0.05) is 25.0 Å². The molecule has 1 saturated heterocycles. The van der Waals surface area contributed by atoms with Gasteiger partial charge in [-0.1, -0.05) is 33.1 Å². The first-order valence-electron chi connectivity index (χ1n) is 7.57. The van der Waals surface area contributed by atoms with Gasteiger partial charge < -0.3 is 10.6 Å². The Kier molecular flexibility index (Phi) is 4.31. The molecule has 0 spiro atoms. The molecule has 2 N–H and O–H groups in total. The summed E-state index contributed by atoms with van der Waals surface area (Å²) in [7, 11) is 0. The number of likely N-dealkylation sites (tertiary alicyclic amines) is 1. The van der Waals surface area contributed by atoms with E-state index in [0.717, 1.165) is 38.3 Å². The fraction of sp³-hybridized carbons (Fsp3) is 0.933. The number of carbonyl (C=O) groups excluding carboxylic acids is 1. The Bertz CT molecular complexity index is 297. The molecule has 18 heavy (non-hydrogen) atoms. The minimum absolute atomic E-state index is 0.207. The fourth-order valence-electron chi connectivity index (χ4n) is 3.34. The van der Waals surface area contributed by atoms with Crippen LogP contribution in [0.15, 0.2) is 0 Å². The maximum atomic E-state index is 12.4. The van der Waals surface area contributed by atoms with E-state index in [4.69, 9.17) is 5.73 Å². The molecule has 0 bridgehead atoms. The molecule has 1 aliphatic heterocycles. The van der Waals surface area contributed by atoms with Crippen LogP contribution in [-0.2, 0) is 4.79 Å². The molecular formula is C15H28N2O. The van der Waals surface area contributed by atoms with Gasteiger partial charge in [-0.25, -0.2) is 0 Å². The third-order valence-corrected chi connectivity index (χ3v) is 5.04. The maximum absolute atomic E-state index is 12.4. The second kappa shape index (κ2) is 5.60. The van der Waals surface area contributed by atoms with Gasteiger partial charge in [-0.15, -0.1) is 0 Å². The van der Waals surface area contributed by atoms with Gasteiger partial charge in [0.2, 0.25) is 5.91 Å². The Labute approximate surface area is 111 Å². The molecule has 1 saturated carbocycles. The minimum atomic E-state index is -0.207. The summed E-state index contributed by atoms with van der Waals surface area (Å²) in [6.45, 7) is 6.40. The van der Waals surface area contributed by atoms with Crippen molar-refractivity contribution in [3.8, 4) is 0 Å². The predicted molar refractivity (Wildman–Crippen MR) is 74.1 cm³/mol. The summed E-state index contributed by atoms with van der Waals surface area (Å²) in [6, 6.07) is 0. The van der Waals surface area contributed by atoms with Crippen LogP contribution in [0.5, 0.6) is 0 Å². The summed E-state index contributed by atoms with van der Waals surface area (Å²) >= 11 is 0. The molecular weight excluding hydrogens is 224 g/mol. The second-order valence-electron chi connectivity index (χ2n) is 6.68. The van der Waals surface area contributed by atoms with Gasteiger partial charge >= 0.3 is 0 Å². The highest BCUT2D eigenvalue weighted by Gasteiger charge is 2.33. The van der Waals surface area contributed by atoms with E-state index in [1.54, 1.807) is 0 Å². The highest BCUT2D eigenvalue weighted by molar-refractivity contribution is 5.77. The maximum Gasteiger partial charge on any atom is 0.224 e. The van der Waals surface area contributed by atoms with Gasteiger partial charge in [0.1, 0.15) is 0 Å². The highest BCUT2D eigenvalue weighted by Crippen LogP contribution is 2.30. The van der Waals surface area contributed by atoms with E-state index in [2.05, 4.69) is 13.8 Å². The van der Waals surface area contributed by atoms with E-state index >= 15 is 0 Å². The lowest BCUT2D eigenvalue weighted by Crippen LogP contribution is -2.49. The summed E-state index contributed by atoms with van der Waals surface area (Å²) in [6.07, 6.45) is 7.43. The lowest BCUT2D eigenvalue weighted by Gasteiger charge is -2.39. The molecule has 1 heterocycles. The third kappa shape index (κ3) is 3.25. The van der Waals surface area contributed by atoms with E-state index in [1.807, 2.05) is 4.90 Å². The van der Waals surface area contributed by atoms with Crippen molar-refractivity contribution in [1.29, 1.82) is 0 Å². The van der Waals surface area contributed by atoms with Gasteiger partial charge in [-0.05, 0) is 31.1 Å². The van der Waals surface area contributed by atoms with Crippen molar-refractivity contribution < 1.29 is 4.79 Å². The van der Waals surface area contributed by atoms with E-state index in [9.17, 15) is 4.79 Å². The smallest absolute Gasteiger partial charge is 0.224 e. The van der Waals surface area contributed by atoms with Crippen LogP contribution in [0.1, 0.15) is 58.8 Å². The largest absolute Gasteiger partial charge is 0.342 e. The van der Waals surface area contributed by atoms with Gasteiger partial charge in [0.05, 0.1) is 0 Å². The monoisotopic (exact) mass is 252 g/mol. The summed E-state index contributed by atoms with van der Waals surface area (Å²) in [5.41, 5.74) is 6.17. The van der Waals surface area contributed by atoms with Crippen LogP contribution in [0, 0.1) is 11.8 Å². The molecule has 3 heteroatoms. The van der Waals surface area contributed by atoms with Crippen LogP contribution in [0.3, 0.4) is 0 Å².